The summed E-state index contributed by atoms with van der Waals surface area (Å²) in [5, 5.41) is 0. The smallest absolute Gasteiger partial charge is 0.468 e. The summed E-state index contributed by atoms with van der Waals surface area (Å²) in [6, 6.07) is 3.66. The van der Waals surface area contributed by atoms with Crippen molar-refractivity contribution in [2.24, 2.45) is 5.73 Å². The number of hydrogen-bond acceptors (Lipinski definition) is 4. The Morgan fingerprint density at radius 2 is 1.82 bits per heavy atom. The molecule has 0 radical (unpaired) electrons. The number of carbonyl (C=O) groups is 1. The van der Waals surface area contributed by atoms with Crippen molar-refractivity contribution in [1.82, 2.24) is 0 Å². The van der Waals surface area contributed by atoms with Gasteiger partial charge < -0.3 is 15.2 Å². The van der Waals surface area contributed by atoms with Gasteiger partial charge >= 0.3 is 12.3 Å². The first-order valence-electron chi connectivity index (χ1n) is 4.52. The van der Waals surface area contributed by atoms with Gasteiger partial charge in [0.2, 0.25) is 0 Å². The summed E-state index contributed by atoms with van der Waals surface area (Å²) in [6.45, 7) is 0. The molecule has 0 bridgehead atoms. The van der Waals surface area contributed by atoms with Crippen molar-refractivity contribution in [3.8, 4) is 5.75 Å². The summed E-state index contributed by atoms with van der Waals surface area (Å²) in [7, 11) is 1.17. The highest BCUT2D eigenvalue weighted by Gasteiger charge is 2.31. The molecule has 4 nitrogen and oxygen atoms in total. The maximum absolute atomic E-state index is 11.9. The van der Waals surface area contributed by atoms with Crippen molar-refractivity contribution < 1.29 is 27.4 Å². The molecule has 1 rings (SSSR count). The average molecular weight is 249 g/mol. The van der Waals surface area contributed by atoms with Crippen LogP contribution in [0, 0.1) is 0 Å². The molecule has 0 saturated carbocycles. The van der Waals surface area contributed by atoms with Crippen molar-refractivity contribution in [3.05, 3.63) is 29.8 Å². The van der Waals surface area contributed by atoms with E-state index < -0.39 is 18.4 Å². The largest absolute Gasteiger partial charge is 0.573 e. The summed E-state index contributed by atoms with van der Waals surface area (Å²) in [4.78, 5) is 11.1. The molecule has 0 aromatic heterocycles. The van der Waals surface area contributed by atoms with Crippen LogP contribution in [0.25, 0.3) is 0 Å². The highest BCUT2D eigenvalue weighted by molar-refractivity contribution is 5.77. The number of rotatable bonds is 3. The monoisotopic (exact) mass is 249 g/mol. The lowest BCUT2D eigenvalue weighted by molar-refractivity contribution is -0.274. The van der Waals surface area contributed by atoms with E-state index >= 15 is 0 Å². The standard InChI is InChI=1S/C10H10F3NO3/c1-16-9(15)8(14)6-2-4-7(5-3-6)17-10(11,12)13/h2-5,8H,14H2,1H3/t8-/m1/s1. The second kappa shape index (κ2) is 5.05. The third-order valence-electron chi connectivity index (χ3n) is 1.93. The van der Waals surface area contributed by atoms with E-state index in [1.165, 1.54) is 19.2 Å². The van der Waals surface area contributed by atoms with Crippen LogP contribution >= 0.6 is 0 Å². The Balaban J connectivity index is 2.78. The first-order chi connectivity index (χ1) is 7.83. The van der Waals surface area contributed by atoms with Gasteiger partial charge in [0.15, 0.2) is 0 Å². The van der Waals surface area contributed by atoms with Crippen molar-refractivity contribution in [1.29, 1.82) is 0 Å². The highest BCUT2D eigenvalue weighted by atomic mass is 19.4. The predicted octanol–water partition coefficient (Wildman–Crippen LogP) is 1.76. The molecule has 0 amide bonds. The number of esters is 1. The molecule has 0 heterocycles. The van der Waals surface area contributed by atoms with E-state index in [9.17, 15) is 18.0 Å². The number of alkyl halides is 3. The minimum absolute atomic E-state index is 0.339. The topological polar surface area (TPSA) is 61.5 Å². The molecular weight excluding hydrogens is 239 g/mol. The summed E-state index contributed by atoms with van der Waals surface area (Å²) in [5.74, 6) is -1.05. The van der Waals surface area contributed by atoms with Gasteiger partial charge in [0.1, 0.15) is 11.8 Å². The van der Waals surface area contributed by atoms with E-state index in [1.54, 1.807) is 0 Å². The zero-order valence-corrected chi connectivity index (χ0v) is 8.82. The van der Waals surface area contributed by atoms with Crippen LogP contribution in [0.4, 0.5) is 13.2 Å². The summed E-state index contributed by atoms with van der Waals surface area (Å²) < 4.78 is 43.7. The number of nitrogens with two attached hydrogens (primary N) is 1. The van der Waals surface area contributed by atoms with Crippen LogP contribution < -0.4 is 10.5 Å². The van der Waals surface area contributed by atoms with Crippen LogP contribution in [0.5, 0.6) is 5.75 Å². The third kappa shape index (κ3) is 3.95. The Morgan fingerprint density at radius 1 is 1.29 bits per heavy atom. The molecule has 7 heteroatoms. The van der Waals surface area contributed by atoms with Gasteiger partial charge in [-0.05, 0) is 17.7 Å². The first-order valence-corrected chi connectivity index (χ1v) is 4.52. The van der Waals surface area contributed by atoms with Crippen molar-refractivity contribution in [2.45, 2.75) is 12.4 Å². The summed E-state index contributed by atoms with van der Waals surface area (Å²) in [6.07, 6.45) is -4.74. The molecule has 0 aliphatic heterocycles. The van der Waals surface area contributed by atoms with Crippen LogP contribution in [-0.2, 0) is 9.53 Å². The van der Waals surface area contributed by atoms with Gasteiger partial charge in [0.05, 0.1) is 7.11 Å². The Labute approximate surface area is 95.1 Å². The van der Waals surface area contributed by atoms with Gasteiger partial charge in [0.25, 0.3) is 0 Å². The number of ether oxygens (including phenoxy) is 2. The molecule has 0 aliphatic carbocycles. The van der Waals surface area contributed by atoms with E-state index in [4.69, 9.17) is 5.73 Å². The molecule has 17 heavy (non-hydrogen) atoms. The summed E-state index contributed by atoms with van der Waals surface area (Å²) in [5.41, 5.74) is 5.83. The van der Waals surface area contributed by atoms with E-state index in [-0.39, 0.29) is 5.75 Å². The normalized spacial score (nSPS) is 13.0. The number of hydrogen-bond donors (Lipinski definition) is 1. The van der Waals surface area contributed by atoms with Crippen LogP contribution in [0.15, 0.2) is 24.3 Å². The summed E-state index contributed by atoms with van der Waals surface area (Å²) >= 11 is 0. The van der Waals surface area contributed by atoms with Gasteiger partial charge in [-0.15, -0.1) is 13.2 Å². The Hall–Kier alpha value is -1.76. The fraction of sp³-hybridized carbons (Fsp3) is 0.300. The Kier molecular flexibility index (Phi) is 3.95. The van der Waals surface area contributed by atoms with Gasteiger partial charge in [-0.25, -0.2) is 0 Å². The molecule has 1 atom stereocenters. The number of benzene rings is 1. The predicted molar refractivity (Wildman–Crippen MR) is 52.1 cm³/mol. The maximum atomic E-state index is 11.9. The highest BCUT2D eigenvalue weighted by Crippen LogP contribution is 2.24. The third-order valence-corrected chi connectivity index (χ3v) is 1.93. The van der Waals surface area contributed by atoms with Gasteiger partial charge in [0, 0.05) is 0 Å². The molecule has 0 saturated heterocycles. The minimum atomic E-state index is -4.74. The van der Waals surface area contributed by atoms with E-state index in [0.717, 1.165) is 12.1 Å². The van der Waals surface area contributed by atoms with Crippen LogP contribution in [0.1, 0.15) is 11.6 Å². The lowest BCUT2D eigenvalue weighted by Gasteiger charge is -2.11. The molecule has 94 valence electrons. The number of carbonyl (C=O) groups excluding carboxylic acids is 1. The van der Waals surface area contributed by atoms with E-state index in [2.05, 4.69) is 9.47 Å². The number of methoxy groups -OCH3 is 1. The molecule has 2 N–H and O–H groups in total. The van der Waals surface area contributed by atoms with Crippen LogP contribution in [0.2, 0.25) is 0 Å². The van der Waals surface area contributed by atoms with Gasteiger partial charge in [-0.1, -0.05) is 12.1 Å². The van der Waals surface area contributed by atoms with Crippen molar-refractivity contribution in [3.63, 3.8) is 0 Å². The molecular formula is C10H10F3NO3. The lowest BCUT2D eigenvalue weighted by atomic mass is 10.1. The molecule has 0 fully saturated rings. The molecule has 0 aliphatic rings. The number of halogens is 3. The van der Waals surface area contributed by atoms with Crippen LogP contribution in [0.3, 0.4) is 0 Å². The minimum Gasteiger partial charge on any atom is -0.468 e. The first kappa shape index (κ1) is 13.3. The van der Waals surface area contributed by atoms with Crippen LogP contribution in [-0.4, -0.2) is 19.4 Å². The van der Waals surface area contributed by atoms with Crippen molar-refractivity contribution in [2.75, 3.05) is 7.11 Å². The SMILES string of the molecule is COC(=O)[C@H](N)c1ccc(OC(F)(F)F)cc1. The van der Waals surface area contributed by atoms with E-state index in [0.29, 0.717) is 5.56 Å². The average Bonchev–Trinajstić information content (AvgIpc) is 2.26. The van der Waals surface area contributed by atoms with E-state index in [1.807, 2.05) is 0 Å². The van der Waals surface area contributed by atoms with Gasteiger partial charge in [-0.3, -0.25) is 4.79 Å². The second-order valence-corrected chi connectivity index (χ2v) is 3.12. The lowest BCUT2D eigenvalue weighted by Crippen LogP contribution is -2.22. The molecule has 0 spiro atoms. The quantitative estimate of drug-likeness (QED) is 0.829. The molecule has 1 aromatic rings. The zero-order valence-electron chi connectivity index (χ0n) is 8.82. The second-order valence-electron chi connectivity index (χ2n) is 3.12. The fourth-order valence-electron chi connectivity index (χ4n) is 1.14. The molecule has 1 aromatic carbocycles. The maximum Gasteiger partial charge on any atom is 0.573 e. The Bertz CT molecular complexity index is 389. The fourth-order valence-corrected chi connectivity index (χ4v) is 1.14. The zero-order chi connectivity index (χ0) is 13.1. The molecule has 0 unspecified atom stereocenters. The Morgan fingerprint density at radius 3 is 2.24 bits per heavy atom. The van der Waals surface area contributed by atoms with Crippen molar-refractivity contribution >= 4 is 5.97 Å². The van der Waals surface area contributed by atoms with Gasteiger partial charge in [-0.2, -0.15) is 0 Å².